The van der Waals surface area contributed by atoms with Gasteiger partial charge in [0.1, 0.15) is 35.2 Å². The monoisotopic (exact) mass is 342 g/mol. The van der Waals surface area contributed by atoms with Gasteiger partial charge in [0.2, 0.25) is 0 Å². The Balaban J connectivity index is 2.07. The molecular formula is C19H22N2O4. The van der Waals surface area contributed by atoms with Crippen LogP contribution < -0.4 is 14.2 Å². The van der Waals surface area contributed by atoms with Gasteiger partial charge in [-0.05, 0) is 37.1 Å². The van der Waals surface area contributed by atoms with Gasteiger partial charge >= 0.3 is 0 Å². The van der Waals surface area contributed by atoms with Crippen molar-refractivity contribution in [1.29, 1.82) is 0 Å². The van der Waals surface area contributed by atoms with Crippen molar-refractivity contribution in [2.75, 3.05) is 27.4 Å². The largest absolute Gasteiger partial charge is 0.497 e. The maximum absolute atomic E-state index is 8.95. The van der Waals surface area contributed by atoms with Crippen molar-refractivity contribution in [3.63, 3.8) is 0 Å². The number of methoxy groups -OCH3 is 2. The molecule has 0 saturated heterocycles. The lowest BCUT2D eigenvalue weighted by molar-refractivity contribution is 0.200. The number of nitrogens with zero attached hydrogens (tertiary/aromatic N) is 1. The van der Waals surface area contributed by atoms with E-state index in [1.165, 1.54) is 0 Å². The van der Waals surface area contributed by atoms with Crippen LogP contribution in [0.3, 0.4) is 0 Å². The smallest absolute Gasteiger partial charge is 0.148 e. The maximum Gasteiger partial charge on any atom is 0.148 e. The molecule has 0 amide bonds. The van der Waals surface area contributed by atoms with Crippen LogP contribution in [0.5, 0.6) is 17.2 Å². The zero-order valence-corrected chi connectivity index (χ0v) is 14.8. The van der Waals surface area contributed by atoms with E-state index in [9.17, 15) is 0 Å². The molecule has 0 spiro atoms. The Morgan fingerprint density at radius 1 is 1.04 bits per heavy atom. The van der Waals surface area contributed by atoms with Crippen molar-refractivity contribution in [2.24, 2.45) is 0 Å². The van der Waals surface area contributed by atoms with Crippen LogP contribution >= 0.6 is 0 Å². The van der Waals surface area contributed by atoms with Crippen LogP contribution in [0, 0.1) is 13.8 Å². The molecule has 0 bridgehead atoms. The van der Waals surface area contributed by atoms with Crippen LogP contribution in [0.4, 0.5) is 0 Å². The summed E-state index contributed by atoms with van der Waals surface area (Å²) in [6.45, 7) is 4.24. The van der Waals surface area contributed by atoms with E-state index >= 15 is 0 Å². The summed E-state index contributed by atoms with van der Waals surface area (Å²) in [5, 5.41) is 8.95. The number of ether oxygens (including phenoxy) is 3. The molecule has 1 aromatic heterocycles. The summed E-state index contributed by atoms with van der Waals surface area (Å²) in [6.07, 6.45) is 0. The average molecular weight is 342 g/mol. The summed E-state index contributed by atoms with van der Waals surface area (Å²) >= 11 is 0. The number of aliphatic hydroxyl groups is 1. The van der Waals surface area contributed by atoms with Crippen molar-refractivity contribution >= 4 is 11.0 Å². The highest BCUT2D eigenvalue weighted by Crippen LogP contribution is 2.34. The number of imidazole rings is 1. The molecule has 0 aliphatic carbocycles. The van der Waals surface area contributed by atoms with E-state index in [1.54, 1.807) is 14.2 Å². The minimum absolute atomic E-state index is 0.00810. The minimum atomic E-state index is -0.00810. The Labute approximate surface area is 146 Å². The van der Waals surface area contributed by atoms with Crippen LogP contribution in [0.25, 0.3) is 22.4 Å². The fourth-order valence-electron chi connectivity index (χ4n) is 2.93. The first kappa shape index (κ1) is 17.1. The molecule has 6 heteroatoms. The molecule has 0 aliphatic heterocycles. The fourth-order valence-corrected chi connectivity index (χ4v) is 2.93. The molecule has 2 aromatic carbocycles. The van der Waals surface area contributed by atoms with Crippen molar-refractivity contribution < 1.29 is 19.3 Å². The highest BCUT2D eigenvalue weighted by atomic mass is 16.5. The number of H-pyrrole nitrogens is 1. The third-order valence-corrected chi connectivity index (χ3v) is 4.06. The van der Waals surface area contributed by atoms with Gasteiger partial charge in [-0.3, -0.25) is 0 Å². The summed E-state index contributed by atoms with van der Waals surface area (Å²) in [7, 11) is 3.24. The predicted octanol–water partition coefficient (Wildman–Crippen LogP) is 3.24. The number of aryl methyl sites for hydroxylation is 2. The van der Waals surface area contributed by atoms with Crippen molar-refractivity contribution in [3.8, 4) is 28.6 Å². The van der Waals surface area contributed by atoms with Gasteiger partial charge in [0.05, 0.1) is 26.3 Å². The van der Waals surface area contributed by atoms with E-state index in [-0.39, 0.29) is 13.2 Å². The molecule has 1 heterocycles. The highest BCUT2D eigenvalue weighted by Gasteiger charge is 2.14. The van der Waals surface area contributed by atoms with Gasteiger partial charge in [-0.25, -0.2) is 4.98 Å². The third-order valence-electron chi connectivity index (χ3n) is 4.06. The molecule has 0 aliphatic rings. The Morgan fingerprint density at radius 2 is 1.76 bits per heavy atom. The SMILES string of the molecule is COc1cc(OC)c2[nH]c(-c3cc(C)c(OCCO)c(C)c3)nc2c1. The number of rotatable bonds is 6. The Morgan fingerprint density at radius 3 is 2.36 bits per heavy atom. The van der Waals surface area contributed by atoms with Crippen LogP contribution in [0.2, 0.25) is 0 Å². The molecule has 25 heavy (non-hydrogen) atoms. The van der Waals surface area contributed by atoms with Crippen LogP contribution in [0.1, 0.15) is 11.1 Å². The van der Waals surface area contributed by atoms with Crippen LogP contribution in [0.15, 0.2) is 24.3 Å². The second kappa shape index (κ2) is 7.03. The standard InChI is InChI=1S/C19H22N2O4/c1-11-7-13(8-12(2)18(11)25-6-5-22)19-20-15-9-14(23-3)10-16(24-4)17(15)21-19/h7-10,22H,5-6H2,1-4H3,(H,20,21). The summed E-state index contributed by atoms with van der Waals surface area (Å²) in [6, 6.07) is 7.73. The van der Waals surface area contributed by atoms with Gasteiger partial charge in [-0.2, -0.15) is 0 Å². The number of nitrogens with one attached hydrogen (secondary N) is 1. The van der Waals surface area contributed by atoms with Crippen molar-refractivity contribution in [3.05, 3.63) is 35.4 Å². The average Bonchev–Trinajstić information content (AvgIpc) is 3.04. The van der Waals surface area contributed by atoms with Gasteiger partial charge in [0, 0.05) is 17.7 Å². The second-order valence-electron chi connectivity index (χ2n) is 5.82. The van der Waals surface area contributed by atoms with Gasteiger partial charge in [-0.1, -0.05) is 0 Å². The van der Waals surface area contributed by atoms with Gasteiger partial charge in [0.25, 0.3) is 0 Å². The van der Waals surface area contributed by atoms with Crippen LogP contribution in [-0.2, 0) is 0 Å². The molecule has 3 aromatic rings. The van der Waals surface area contributed by atoms with Crippen molar-refractivity contribution in [2.45, 2.75) is 13.8 Å². The van der Waals surface area contributed by atoms with E-state index in [0.29, 0.717) is 11.5 Å². The number of aromatic amines is 1. The lowest BCUT2D eigenvalue weighted by atomic mass is 10.1. The molecule has 0 saturated carbocycles. The number of aliphatic hydroxyl groups excluding tert-OH is 1. The molecule has 0 radical (unpaired) electrons. The summed E-state index contributed by atoms with van der Waals surface area (Å²) in [5.41, 5.74) is 4.56. The minimum Gasteiger partial charge on any atom is -0.497 e. The lowest BCUT2D eigenvalue weighted by Crippen LogP contribution is -2.04. The lowest BCUT2D eigenvalue weighted by Gasteiger charge is -2.12. The van der Waals surface area contributed by atoms with Crippen LogP contribution in [-0.4, -0.2) is 42.5 Å². The van der Waals surface area contributed by atoms with E-state index < -0.39 is 0 Å². The number of hydrogen-bond acceptors (Lipinski definition) is 5. The molecular weight excluding hydrogens is 320 g/mol. The van der Waals surface area contributed by atoms with E-state index in [2.05, 4.69) is 9.97 Å². The summed E-state index contributed by atoms with van der Waals surface area (Å²) in [4.78, 5) is 8.01. The molecule has 0 fully saturated rings. The Hall–Kier alpha value is -2.73. The van der Waals surface area contributed by atoms with E-state index in [0.717, 1.165) is 39.3 Å². The predicted molar refractivity (Wildman–Crippen MR) is 96.7 cm³/mol. The number of aromatic nitrogens is 2. The first-order valence-electron chi connectivity index (χ1n) is 8.04. The van der Waals surface area contributed by atoms with Gasteiger partial charge < -0.3 is 24.3 Å². The highest BCUT2D eigenvalue weighted by molar-refractivity contribution is 5.86. The Bertz CT molecular complexity index is 879. The van der Waals surface area contributed by atoms with Gasteiger partial charge in [0.15, 0.2) is 0 Å². The topological polar surface area (TPSA) is 76.6 Å². The number of fused-ring (bicyclic) bond motifs is 1. The molecule has 3 rings (SSSR count). The second-order valence-corrected chi connectivity index (χ2v) is 5.82. The first-order chi connectivity index (χ1) is 12.1. The number of hydrogen-bond donors (Lipinski definition) is 2. The van der Waals surface area contributed by atoms with E-state index in [4.69, 9.17) is 19.3 Å². The zero-order valence-electron chi connectivity index (χ0n) is 14.8. The summed E-state index contributed by atoms with van der Waals surface area (Å²) < 4.78 is 16.4. The zero-order chi connectivity index (χ0) is 18.0. The molecule has 2 N–H and O–H groups in total. The fraction of sp³-hybridized carbons (Fsp3) is 0.316. The maximum atomic E-state index is 8.95. The number of benzene rings is 2. The first-order valence-corrected chi connectivity index (χ1v) is 8.04. The van der Waals surface area contributed by atoms with Gasteiger partial charge in [-0.15, -0.1) is 0 Å². The molecule has 0 unspecified atom stereocenters. The molecule has 132 valence electrons. The quantitative estimate of drug-likeness (QED) is 0.719. The third kappa shape index (κ3) is 3.25. The summed E-state index contributed by atoms with van der Waals surface area (Å²) in [5.74, 6) is 2.93. The molecule has 6 nitrogen and oxygen atoms in total. The normalized spacial score (nSPS) is 10.9. The van der Waals surface area contributed by atoms with E-state index in [1.807, 2.05) is 38.1 Å². The molecule has 0 atom stereocenters. The Kier molecular flexibility index (Phi) is 4.81. The van der Waals surface area contributed by atoms with Crippen molar-refractivity contribution in [1.82, 2.24) is 9.97 Å².